The first-order valence-corrected chi connectivity index (χ1v) is 16.6. The van der Waals surface area contributed by atoms with Gasteiger partial charge in [-0.1, -0.05) is 49.4 Å². The molecular formula is C38H51NO5. The Balaban J connectivity index is 1.42. The number of rotatable bonds is 4. The molecular weight excluding hydrogens is 550 g/mol. The summed E-state index contributed by atoms with van der Waals surface area (Å²) in [6.45, 7) is 20.0. The van der Waals surface area contributed by atoms with Crippen LogP contribution in [0.3, 0.4) is 0 Å². The van der Waals surface area contributed by atoms with E-state index in [1.165, 1.54) is 0 Å². The molecule has 1 aliphatic heterocycles. The normalized spacial score (nSPS) is 41.8. The summed E-state index contributed by atoms with van der Waals surface area (Å²) in [4.78, 5) is 29.1. The van der Waals surface area contributed by atoms with Crippen LogP contribution in [0.2, 0.25) is 0 Å². The summed E-state index contributed by atoms with van der Waals surface area (Å²) in [5, 5.41) is 38.0. The number of Topliss-reactive ketones (excluding diaryl/α,β-unsaturated/α-hetero) is 1. The number of carbonyl (C=O) groups is 2. The Labute approximate surface area is 262 Å². The lowest BCUT2D eigenvalue weighted by molar-refractivity contribution is -0.200. The summed E-state index contributed by atoms with van der Waals surface area (Å²) < 4.78 is 0. The smallest absolute Gasteiger partial charge is 0.231 e. The molecule has 0 spiro atoms. The number of benzene rings is 1. The van der Waals surface area contributed by atoms with Gasteiger partial charge in [0.2, 0.25) is 5.91 Å². The van der Waals surface area contributed by atoms with Crippen molar-refractivity contribution in [3.63, 3.8) is 0 Å². The average molecular weight is 602 g/mol. The molecule has 3 fully saturated rings. The average Bonchev–Trinajstić information content (AvgIpc) is 2.90. The van der Waals surface area contributed by atoms with Crippen LogP contribution in [-0.4, -0.2) is 44.3 Å². The van der Waals surface area contributed by atoms with Gasteiger partial charge in [-0.2, -0.15) is 0 Å². The van der Waals surface area contributed by atoms with Crippen molar-refractivity contribution in [2.45, 2.75) is 110 Å². The molecule has 6 nitrogen and oxygen atoms in total. The predicted molar refractivity (Wildman–Crippen MR) is 173 cm³/mol. The highest BCUT2D eigenvalue weighted by atomic mass is 16.3. The molecule has 0 aromatic heterocycles. The number of aliphatic hydroxyl groups is 3. The summed E-state index contributed by atoms with van der Waals surface area (Å²) in [6.07, 6.45) is 5.38. The van der Waals surface area contributed by atoms with Crippen LogP contribution in [0.25, 0.3) is 0 Å². The van der Waals surface area contributed by atoms with E-state index in [-0.39, 0.29) is 53.6 Å². The van der Waals surface area contributed by atoms with Crippen LogP contribution in [0.1, 0.15) is 108 Å². The zero-order valence-corrected chi connectivity index (χ0v) is 27.4. The Morgan fingerprint density at radius 3 is 2.34 bits per heavy atom. The number of carbonyl (C=O) groups excluding carboxylic acids is 2. The van der Waals surface area contributed by atoms with Gasteiger partial charge in [-0.15, -0.1) is 0 Å². The van der Waals surface area contributed by atoms with Crippen molar-refractivity contribution in [3.05, 3.63) is 65.3 Å². The van der Waals surface area contributed by atoms with E-state index in [0.29, 0.717) is 30.5 Å². The first kappa shape index (κ1) is 31.4. The van der Waals surface area contributed by atoms with Gasteiger partial charge in [0.1, 0.15) is 0 Å². The number of ketones is 1. The Kier molecular flexibility index (Phi) is 7.31. The summed E-state index contributed by atoms with van der Waals surface area (Å²) >= 11 is 0. The molecule has 0 saturated heterocycles. The maximum Gasteiger partial charge on any atom is 0.231 e. The molecule has 1 aromatic carbocycles. The highest BCUT2D eigenvalue weighted by molar-refractivity contribution is 6.09. The third-order valence-corrected chi connectivity index (χ3v) is 13.4. The van der Waals surface area contributed by atoms with E-state index < -0.39 is 28.1 Å². The monoisotopic (exact) mass is 601 g/mol. The highest BCUT2D eigenvalue weighted by Gasteiger charge is 2.70. The van der Waals surface area contributed by atoms with E-state index in [9.17, 15) is 24.9 Å². The molecule has 238 valence electrons. The van der Waals surface area contributed by atoms with E-state index in [4.69, 9.17) is 0 Å². The molecule has 6 rings (SSSR count). The molecule has 0 radical (unpaired) electrons. The molecule has 0 bridgehead atoms. The van der Waals surface area contributed by atoms with Gasteiger partial charge in [0, 0.05) is 23.3 Å². The minimum Gasteiger partial charge on any atom is -0.390 e. The fraction of sp³-hybridized carbons (Fsp3) is 0.632. The largest absolute Gasteiger partial charge is 0.390 e. The number of anilines is 1. The molecule has 10 atom stereocenters. The SMILES string of the molecule is C=C(C)C1CC2CCC3(C)C(O)(CCC4CC(=O)c5c(cccc5C5C(C(=C)C)CC5C(C)(C)O)NC(=O)C43C)C2=CC1O. The van der Waals surface area contributed by atoms with Crippen molar-refractivity contribution in [2.75, 3.05) is 5.32 Å². The molecule has 6 heteroatoms. The van der Waals surface area contributed by atoms with E-state index in [0.717, 1.165) is 41.5 Å². The lowest BCUT2D eigenvalue weighted by Gasteiger charge is -2.65. The lowest BCUT2D eigenvalue weighted by Crippen LogP contribution is -2.69. The van der Waals surface area contributed by atoms with E-state index in [2.05, 4.69) is 18.5 Å². The molecule has 3 saturated carbocycles. The molecule has 10 unspecified atom stereocenters. The Morgan fingerprint density at radius 1 is 1.02 bits per heavy atom. The minimum atomic E-state index is -1.26. The van der Waals surface area contributed by atoms with Crippen molar-refractivity contribution in [1.82, 2.24) is 0 Å². The highest BCUT2D eigenvalue weighted by Crippen LogP contribution is 2.68. The number of amides is 1. The van der Waals surface area contributed by atoms with Crippen molar-refractivity contribution in [2.24, 2.45) is 40.4 Å². The van der Waals surface area contributed by atoms with Crippen LogP contribution in [0.15, 0.2) is 54.2 Å². The predicted octanol–water partition coefficient (Wildman–Crippen LogP) is 6.73. The van der Waals surface area contributed by atoms with Crippen LogP contribution in [-0.2, 0) is 4.79 Å². The zero-order valence-electron chi connectivity index (χ0n) is 27.4. The summed E-state index contributed by atoms with van der Waals surface area (Å²) in [5.74, 6) is -0.247. The molecule has 1 aromatic rings. The van der Waals surface area contributed by atoms with Crippen LogP contribution < -0.4 is 5.32 Å². The maximum absolute atomic E-state index is 14.7. The van der Waals surface area contributed by atoms with Gasteiger partial charge in [0.15, 0.2) is 5.78 Å². The van der Waals surface area contributed by atoms with Crippen LogP contribution in [0.4, 0.5) is 5.69 Å². The van der Waals surface area contributed by atoms with Crippen LogP contribution in [0, 0.1) is 40.4 Å². The van der Waals surface area contributed by atoms with Gasteiger partial charge in [-0.3, -0.25) is 9.59 Å². The number of allylic oxidation sites excluding steroid dienone is 1. The first-order valence-electron chi connectivity index (χ1n) is 16.6. The Hall–Kier alpha value is -2.54. The van der Waals surface area contributed by atoms with Gasteiger partial charge >= 0.3 is 0 Å². The van der Waals surface area contributed by atoms with Crippen molar-refractivity contribution in [1.29, 1.82) is 0 Å². The number of hydrogen-bond donors (Lipinski definition) is 4. The summed E-state index contributed by atoms with van der Waals surface area (Å²) in [7, 11) is 0. The van der Waals surface area contributed by atoms with E-state index >= 15 is 0 Å². The van der Waals surface area contributed by atoms with Crippen molar-refractivity contribution in [3.8, 4) is 0 Å². The van der Waals surface area contributed by atoms with Gasteiger partial charge in [0.25, 0.3) is 0 Å². The Morgan fingerprint density at radius 2 is 1.70 bits per heavy atom. The number of fused-ring (bicyclic) bond motifs is 6. The topological polar surface area (TPSA) is 107 Å². The van der Waals surface area contributed by atoms with Gasteiger partial charge < -0.3 is 20.6 Å². The van der Waals surface area contributed by atoms with Crippen molar-refractivity contribution >= 4 is 17.4 Å². The molecule has 1 amide bonds. The van der Waals surface area contributed by atoms with Crippen LogP contribution in [0.5, 0.6) is 0 Å². The molecule has 5 aliphatic rings. The Bertz CT molecular complexity index is 1470. The molecule has 44 heavy (non-hydrogen) atoms. The first-order chi connectivity index (χ1) is 20.5. The van der Waals surface area contributed by atoms with E-state index in [1.54, 1.807) is 0 Å². The van der Waals surface area contributed by atoms with Gasteiger partial charge in [-0.25, -0.2) is 0 Å². The number of aliphatic hydroxyl groups excluding tert-OH is 1. The van der Waals surface area contributed by atoms with Crippen LogP contribution >= 0.6 is 0 Å². The summed E-state index contributed by atoms with van der Waals surface area (Å²) in [6, 6.07) is 5.70. The third-order valence-electron chi connectivity index (χ3n) is 13.4. The van der Waals surface area contributed by atoms with Gasteiger partial charge in [0.05, 0.1) is 28.4 Å². The third kappa shape index (κ3) is 4.23. The van der Waals surface area contributed by atoms with E-state index in [1.807, 2.05) is 65.8 Å². The zero-order chi connectivity index (χ0) is 32.1. The molecule has 4 N–H and O–H groups in total. The fourth-order valence-electron chi connectivity index (χ4n) is 10.4. The number of hydrogen-bond acceptors (Lipinski definition) is 5. The molecule has 4 aliphatic carbocycles. The minimum absolute atomic E-state index is 0.00742. The summed E-state index contributed by atoms with van der Waals surface area (Å²) in [5.41, 5.74) is 0.798. The standard InChI is InChI=1S/C38H51NO5/c1-20(2)25-16-22-12-14-36(7)37(8)23(13-15-38(36,44)27(22)19-30(25)40)17-31(41)33-24(10-9-11-29(33)39-34(37)42)32-26(21(3)4)18-28(32)35(5,6)43/h9-11,19,22-23,25-26,28,30,32,40,43-44H,1,3,12-18H2,2,4-8H3,(H,39,42). The fourth-order valence-corrected chi connectivity index (χ4v) is 10.4. The number of nitrogens with one attached hydrogen (secondary N) is 1. The quantitative estimate of drug-likeness (QED) is 0.287. The van der Waals surface area contributed by atoms with Crippen molar-refractivity contribution < 1.29 is 24.9 Å². The second kappa shape index (κ2) is 10.2. The second-order valence-electron chi connectivity index (χ2n) is 16.0. The maximum atomic E-state index is 14.7. The second-order valence-corrected chi connectivity index (χ2v) is 16.0. The molecule has 1 heterocycles. The van der Waals surface area contributed by atoms with Gasteiger partial charge in [-0.05, 0) is 120 Å². The lowest BCUT2D eigenvalue weighted by atomic mass is 9.40.